The monoisotopic (exact) mass is 285 g/mol. The number of hydrogen-bond acceptors (Lipinski definition) is 4. The first kappa shape index (κ1) is 14.8. The zero-order valence-corrected chi connectivity index (χ0v) is 12.2. The molecular formula is C16H19N3O2. The molecule has 2 aromatic rings. The Morgan fingerprint density at radius 3 is 2.71 bits per heavy atom. The average Bonchev–Trinajstić information content (AvgIpc) is 2.52. The SMILES string of the molecule is CC(c1ccncc1)N(C)C(=O)COc1cccc(N)c1. The molecule has 5 nitrogen and oxygen atoms in total. The number of anilines is 1. The number of hydrogen-bond donors (Lipinski definition) is 1. The van der Waals surface area contributed by atoms with Crippen molar-refractivity contribution in [2.45, 2.75) is 13.0 Å². The maximum absolute atomic E-state index is 12.2. The zero-order chi connectivity index (χ0) is 15.2. The van der Waals surface area contributed by atoms with Crippen LogP contribution in [0, 0.1) is 0 Å². The molecule has 0 aliphatic carbocycles. The van der Waals surface area contributed by atoms with Gasteiger partial charge < -0.3 is 15.4 Å². The predicted molar refractivity (Wildman–Crippen MR) is 81.8 cm³/mol. The topological polar surface area (TPSA) is 68.5 Å². The molecule has 0 radical (unpaired) electrons. The molecule has 0 saturated carbocycles. The molecule has 5 heteroatoms. The first-order chi connectivity index (χ1) is 10.1. The van der Waals surface area contributed by atoms with Gasteiger partial charge in [0, 0.05) is 31.2 Å². The van der Waals surface area contributed by atoms with Crippen LogP contribution in [0.4, 0.5) is 5.69 Å². The average molecular weight is 285 g/mol. The number of nitrogen functional groups attached to an aromatic ring is 1. The van der Waals surface area contributed by atoms with Gasteiger partial charge in [-0.25, -0.2) is 0 Å². The predicted octanol–water partition coefficient (Wildman–Crippen LogP) is 2.26. The molecule has 1 aromatic carbocycles. The first-order valence-electron chi connectivity index (χ1n) is 6.72. The lowest BCUT2D eigenvalue weighted by Crippen LogP contribution is -2.33. The number of benzene rings is 1. The van der Waals surface area contributed by atoms with Gasteiger partial charge in [-0.2, -0.15) is 0 Å². The summed E-state index contributed by atoms with van der Waals surface area (Å²) in [6, 6.07) is 10.8. The Morgan fingerprint density at radius 2 is 2.05 bits per heavy atom. The maximum Gasteiger partial charge on any atom is 0.260 e. The van der Waals surface area contributed by atoms with Gasteiger partial charge in [0.1, 0.15) is 5.75 Å². The van der Waals surface area contributed by atoms with Crippen LogP contribution >= 0.6 is 0 Å². The summed E-state index contributed by atoms with van der Waals surface area (Å²) < 4.78 is 5.47. The maximum atomic E-state index is 12.2. The smallest absolute Gasteiger partial charge is 0.260 e. The van der Waals surface area contributed by atoms with Gasteiger partial charge in [-0.15, -0.1) is 0 Å². The van der Waals surface area contributed by atoms with Gasteiger partial charge in [-0.05, 0) is 36.8 Å². The molecule has 2 N–H and O–H groups in total. The number of carbonyl (C=O) groups is 1. The highest BCUT2D eigenvalue weighted by atomic mass is 16.5. The van der Waals surface area contributed by atoms with E-state index in [0.717, 1.165) is 5.56 Å². The molecule has 21 heavy (non-hydrogen) atoms. The van der Waals surface area contributed by atoms with Gasteiger partial charge in [0.15, 0.2) is 6.61 Å². The molecule has 1 heterocycles. The van der Waals surface area contributed by atoms with Crippen molar-refractivity contribution in [1.29, 1.82) is 0 Å². The largest absolute Gasteiger partial charge is 0.484 e. The number of rotatable bonds is 5. The van der Waals surface area contributed by atoms with Gasteiger partial charge in [0.25, 0.3) is 5.91 Å². The summed E-state index contributed by atoms with van der Waals surface area (Å²) in [7, 11) is 1.76. The van der Waals surface area contributed by atoms with E-state index in [2.05, 4.69) is 4.98 Å². The first-order valence-corrected chi connectivity index (χ1v) is 6.72. The lowest BCUT2D eigenvalue weighted by atomic mass is 10.1. The van der Waals surface area contributed by atoms with Crippen LogP contribution in [0.3, 0.4) is 0 Å². The molecule has 1 aromatic heterocycles. The van der Waals surface area contributed by atoms with Gasteiger partial charge >= 0.3 is 0 Å². The van der Waals surface area contributed by atoms with E-state index in [1.54, 1.807) is 48.6 Å². The van der Waals surface area contributed by atoms with Crippen LogP contribution in [0.1, 0.15) is 18.5 Å². The van der Waals surface area contributed by atoms with Crippen molar-refractivity contribution < 1.29 is 9.53 Å². The fraction of sp³-hybridized carbons (Fsp3) is 0.250. The number of pyridine rings is 1. The van der Waals surface area contributed by atoms with Crippen LogP contribution in [0.15, 0.2) is 48.8 Å². The fourth-order valence-electron chi connectivity index (χ4n) is 1.93. The van der Waals surface area contributed by atoms with Crippen LogP contribution in [-0.2, 0) is 4.79 Å². The van der Waals surface area contributed by atoms with E-state index in [4.69, 9.17) is 10.5 Å². The Balaban J connectivity index is 1.94. The van der Waals surface area contributed by atoms with Gasteiger partial charge in [0.2, 0.25) is 0 Å². The quantitative estimate of drug-likeness (QED) is 0.856. The lowest BCUT2D eigenvalue weighted by molar-refractivity contribution is -0.134. The standard InChI is InChI=1S/C16H19N3O2/c1-12(13-6-8-18-9-7-13)19(2)16(20)11-21-15-5-3-4-14(17)10-15/h3-10,12H,11,17H2,1-2H3. The Morgan fingerprint density at radius 1 is 1.33 bits per heavy atom. The van der Waals surface area contributed by atoms with E-state index in [9.17, 15) is 4.79 Å². The molecule has 0 aliphatic heterocycles. The minimum atomic E-state index is -0.0956. The highest BCUT2D eigenvalue weighted by Gasteiger charge is 2.17. The normalized spacial score (nSPS) is 11.7. The van der Waals surface area contributed by atoms with Crippen molar-refractivity contribution >= 4 is 11.6 Å². The third-order valence-electron chi connectivity index (χ3n) is 3.38. The van der Waals surface area contributed by atoms with E-state index in [1.165, 1.54) is 0 Å². The molecule has 0 bridgehead atoms. The second kappa shape index (κ2) is 6.74. The van der Waals surface area contributed by atoms with Gasteiger partial charge in [0.05, 0.1) is 6.04 Å². The van der Waals surface area contributed by atoms with E-state index < -0.39 is 0 Å². The van der Waals surface area contributed by atoms with Crippen LogP contribution in [0.2, 0.25) is 0 Å². The van der Waals surface area contributed by atoms with Crippen molar-refractivity contribution in [3.63, 3.8) is 0 Å². The number of amides is 1. The van der Waals surface area contributed by atoms with Gasteiger partial charge in [-0.1, -0.05) is 6.07 Å². The molecule has 1 amide bonds. The minimum absolute atomic E-state index is 0.0185. The Kier molecular flexibility index (Phi) is 4.77. The Labute approximate surface area is 124 Å². The number of aromatic nitrogens is 1. The number of nitrogens with two attached hydrogens (primary N) is 1. The van der Waals surface area contributed by atoms with Crippen molar-refractivity contribution in [2.24, 2.45) is 0 Å². The van der Waals surface area contributed by atoms with Crippen molar-refractivity contribution in [2.75, 3.05) is 19.4 Å². The van der Waals surface area contributed by atoms with Crippen molar-refractivity contribution in [1.82, 2.24) is 9.88 Å². The van der Waals surface area contributed by atoms with Crippen molar-refractivity contribution in [3.05, 3.63) is 54.4 Å². The lowest BCUT2D eigenvalue weighted by Gasteiger charge is -2.25. The van der Waals surface area contributed by atoms with Crippen molar-refractivity contribution in [3.8, 4) is 5.75 Å². The van der Waals surface area contributed by atoms with Crippen LogP contribution < -0.4 is 10.5 Å². The third-order valence-corrected chi connectivity index (χ3v) is 3.38. The highest BCUT2D eigenvalue weighted by Crippen LogP contribution is 2.18. The number of ether oxygens (including phenoxy) is 1. The van der Waals surface area contributed by atoms with E-state index >= 15 is 0 Å². The summed E-state index contributed by atoms with van der Waals surface area (Å²) in [6.45, 7) is 1.95. The summed E-state index contributed by atoms with van der Waals surface area (Å²) in [5.41, 5.74) is 7.31. The Bertz CT molecular complexity index is 601. The van der Waals surface area contributed by atoms with E-state index in [-0.39, 0.29) is 18.6 Å². The summed E-state index contributed by atoms with van der Waals surface area (Å²) >= 11 is 0. The molecule has 0 spiro atoms. The zero-order valence-electron chi connectivity index (χ0n) is 12.2. The fourth-order valence-corrected chi connectivity index (χ4v) is 1.93. The molecule has 110 valence electrons. The third kappa shape index (κ3) is 3.95. The number of nitrogens with zero attached hydrogens (tertiary/aromatic N) is 2. The molecule has 0 fully saturated rings. The van der Waals surface area contributed by atoms with Crippen LogP contribution in [0.5, 0.6) is 5.75 Å². The molecule has 2 rings (SSSR count). The van der Waals surface area contributed by atoms with Gasteiger partial charge in [-0.3, -0.25) is 9.78 Å². The van der Waals surface area contributed by atoms with E-state index in [1.807, 2.05) is 19.1 Å². The molecule has 0 saturated heterocycles. The minimum Gasteiger partial charge on any atom is -0.484 e. The Hall–Kier alpha value is -2.56. The second-order valence-corrected chi connectivity index (χ2v) is 4.82. The second-order valence-electron chi connectivity index (χ2n) is 4.82. The van der Waals surface area contributed by atoms with E-state index in [0.29, 0.717) is 11.4 Å². The van der Waals surface area contributed by atoms with Crippen LogP contribution in [0.25, 0.3) is 0 Å². The van der Waals surface area contributed by atoms with Crippen LogP contribution in [-0.4, -0.2) is 29.4 Å². The number of carbonyl (C=O) groups excluding carboxylic acids is 1. The molecule has 0 aliphatic rings. The molecule has 1 atom stereocenters. The highest BCUT2D eigenvalue weighted by molar-refractivity contribution is 5.78. The molecule has 1 unspecified atom stereocenters. The summed E-state index contributed by atoms with van der Waals surface area (Å²) in [6.07, 6.45) is 3.43. The molecular weight excluding hydrogens is 266 g/mol. The number of likely N-dealkylation sites (N-methyl/N-ethyl adjacent to an activating group) is 1. The summed E-state index contributed by atoms with van der Waals surface area (Å²) in [5, 5.41) is 0. The summed E-state index contributed by atoms with van der Waals surface area (Å²) in [4.78, 5) is 17.8. The summed E-state index contributed by atoms with van der Waals surface area (Å²) in [5.74, 6) is 0.495.